The number of fused-ring (bicyclic) bond motifs is 1. The van der Waals surface area contributed by atoms with Gasteiger partial charge in [0.2, 0.25) is 5.91 Å². The van der Waals surface area contributed by atoms with Crippen molar-refractivity contribution in [2.75, 3.05) is 29.5 Å². The molecule has 3 atom stereocenters. The first-order valence-electron chi connectivity index (χ1n) is 14.7. The molecule has 244 valence electrons. The standard InChI is InChI=1S/C31H28F3N7O3S3/c1-4-22(42)41-15(2)10-39(11-16(41)3)28-19-9-20(31(32,33)34)23(26-24-21(14-46-26)47-29(35)37-24)27-25(19)40(30(43)38-28)12-18(13-45-27)44-17-5-7-36-8-6-17/h4-9,14-16,18H,1,10-13H2,2-3H3,(H2,35,37)/t15-,16+,18?. The lowest BCUT2D eigenvalue weighted by molar-refractivity contribution is -0.137. The monoisotopic (exact) mass is 699 g/mol. The summed E-state index contributed by atoms with van der Waals surface area (Å²) in [6.07, 6.45) is -0.929. The number of pyridine rings is 1. The number of hydrogen-bond donors (Lipinski definition) is 1. The molecular weight excluding hydrogens is 672 g/mol. The normalized spacial score (nSPS) is 20.1. The van der Waals surface area contributed by atoms with Gasteiger partial charge in [-0.15, -0.1) is 23.1 Å². The molecule has 2 aliphatic rings. The number of aromatic nitrogens is 4. The number of thioether (sulfide) groups is 1. The number of nitrogens with two attached hydrogens (primary N) is 1. The number of benzene rings is 1. The van der Waals surface area contributed by atoms with Crippen molar-refractivity contribution < 1.29 is 22.7 Å². The molecule has 6 heterocycles. The van der Waals surface area contributed by atoms with Gasteiger partial charge in [0.15, 0.2) is 5.13 Å². The fourth-order valence-electron chi connectivity index (χ4n) is 6.48. The summed E-state index contributed by atoms with van der Waals surface area (Å²) in [7, 11) is 0. The number of piperazine rings is 1. The number of carbonyl (C=O) groups excluding carboxylic acids is 1. The zero-order chi connectivity index (χ0) is 33.2. The first kappa shape index (κ1) is 31.4. The Balaban J connectivity index is 1.48. The molecule has 7 rings (SSSR count). The Morgan fingerprint density at radius 1 is 1.15 bits per heavy atom. The van der Waals surface area contributed by atoms with Crippen LogP contribution in [0, 0.1) is 0 Å². The third-order valence-corrected chi connectivity index (χ3v) is 11.5. The Bertz CT molecular complexity index is 2080. The molecule has 0 bridgehead atoms. The number of halogens is 3. The highest BCUT2D eigenvalue weighted by molar-refractivity contribution is 7.99. The number of thiazole rings is 1. The van der Waals surface area contributed by atoms with Gasteiger partial charge in [-0.1, -0.05) is 17.9 Å². The van der Waals surface area contributed by atoms with Crippen LogP contribution in [-0.4, -0.2) is 67.4 Å². The van der Waals surface area contributed by atoms with Crippen molar-refractivity contribution in [2.45, 2.75) is 49.7 Å². The second-order valence-electron chi connectivity index (χ2n) is 11.5. The van der Waals surface area contributed by atoms with Crippen molar-refractivity contribution in [3.8, 4) is 16.2 Å². The first-order chi connectivity index (χ1) is 22.4. The van der Waals surface area contributed by atoms with Crippen molar-refractivity contribution in [2.24, 2.45) is 0 Å². The Morgan fingerprint density at radius 2 is 1.87 bits per heavy atom. The van der Waals surface area contributed by atoms with E-state index in [-0.39, 0.29) is 65.3 Å². The van der Waals surface area contributed by atoms with E-state index >= 15 is 13.2 Å². The molecule has 2 N–H and O–H groups in total. The number of nitrogens with zero attached hydrogens (tertiary/aromatic N) is 6. The lowest BCUT2D eigenvalue weighted by Crippen LogP contribution is -2.58. The average Bonchev–Trinajstić information content (AvgIpc) is 3.51. The Labute approximate surface area is 278 Å². The number of carbonyl (C=O) groups is 1. The zero-order valence-corrected chi connectivity index (χ0v) is 27.6. The van der Waals surface area contributed by atoms with Crippen molar-refractivity contribution in [1.82, 2.24) is 24.4 Å². The minimum atomic E-state index is -4.76. The molecule has 10 nitrogen and oxygen atoms in total. The van der Waals surface area contributed by atoms with Crippen LogP contribution in [0.2, 0.25) is 0 Å². The second kappa shape index (κ2) is 11.8. The molecule has 1 aromatic carbocycles. The highest BCUT2D eigenvalue weighted by atomic mass is 32.2. The van der Waals surface area contributed by atoms with Crippen LogP contribution >= 0.6 is 34.4 Å². The summed E-state index contributed by atoms with van der Waals surface area (Å²) < 4.78 is 53.9. The molecule has 0 saturated carbocycles. The zero-order valence-electron chi connectivity index (χ0n) is 25.2. The summed E-state index contributed by atoms with van der Waals surface area (Å²) in [5.74, 6) is 0.685. The van der Waals surface area contributed by atoms with E-state index in [9.17, 15) is 9.59 Å². The molecule has 1 saturated heterocycles. The van der Waals surface area contributed by atoms with E-state index in [1.165, 1.54) is 33.7 Å². The van der Waals surface area contributed by atoms with Gasteiger partial charge in [0.25, 0.3) is 0 Å². The molecule has 16 heteroatoms. The van der Waals surface area contributed by atoms with Crippen molar-refractivity contribution >= 4 is 72.4 Å². The summed E-state index contributed by atoms with van der Waals surface area (Å²) >= 11 is 3.58. The topological polar surface area (TPSA) is 119 Å². The summed E-state index contributed by atoms with van der Waals surface area (Å²) in [5.41, 5.74) is 5.21. The van der Waals surface area contributed by atoms with Crippen LogP contribution in [-0.2, 0) is 17.5 Å². The van der Waals surface area contributed by atoms with Gasteiger partial charge in [-0.25, -0.2) is 9.78 Å². The summed E-state index contributed by atoms with van der Waals surface area (Å²) in [6, 6.07) is 3.84. The molecule has 0 spiro atoms. The summed E-state index contributed by atoms with van der Waals surface area (Å²) in [4.78, 5) is 43.5. The highest BCUT2D eigenvalue weighted by Gasteiger charge is 2.40. The molecule has 0 aliphatic carbocycles. The van der Waals surface area contributed by atoms with Gasteiger partial charge in [0, 0.05) is 64.5 Å². The van der Waals surface area contributed by atoms with Crippen molar-refractivity contribution in [3.05, 3.63) is 64.7 Å². The van der Waals surface area contributed by atoms with Gasteiger partial charge in [0.05, 0.1) is 27.2 Å². The lowest BCUT2D eigenvalue weighted by Gasteiger charge is -2.44. The van der Waals surface area contributed by atoms with Crippen LogP contribution in [0.4, 0.5) is 24.1 Å². The maximum absolute atomic E-state index is 15.2. The number of amides is 1. The molecular formula is C31H28F3N7O3S3. The number of anilines is 2. The average molecular weight is 700 g/mol. The van der Waals surface area contributed by atoms with Crippen molar-refractivity contribution in [3.63, 3.8) is 0 Å². The quantitative estimate of drug-likeness (QED) is 0.224. The number of thiophene rings is 1. The van der Waals surface area contributed by atoms with Crippen molar-refractivity contribution in [1.29, 1.82) is 0 Å². The van der Waals surface area contributed by atoms with E-state index < -0.39 is 23.5 Å². The van der Waals surface area contributed by atoms with Gasteiger partial charge in [-0.3, -0.25) is 14.3 Å². The maximum Gasteiger partial charge on any atom is 0.417 e. The molecule has 4 aromatic heterocycles. The largest absolute Gasteiger partial charge is 0.488 e. The maximum atomic E-state index is 15.2. The molecule has 5 aromatic rings. The first-order valence-corrected chi connectivity index (χ1v) is 17.3. The fourth-order valence-corrected chi connectivity index (χ4v) is 9.72. The fraction of sp³-hybridized carbons (Fsp3) is 0.323. The number of rotatable bonds is 5. The van der Waals surface area contributed by atoms with Crippen LogP contribution in [0.1, 0.15) is 19.4 Å². The molecule has 1 fully saturated rings. The van der Waals surface area contributed by atoms with Gasteiger partial charge < -0.3 is 20.3 Å². The van der Waals surface area contributed by atoms with E-state index in [1.54, 1.807) is 39.7 Å². The van der Waals surface area contributed by atoms with Crippen LogP contribution in [0.15, 0.2) is 58.3 Å². The molecule has 2 aliphatic heterocycles. The Hall–Kier alpha value is -4.15. The van der Waals surface area contributed by atoms with E-state index in [4.69, 9.17) is 10.5 Å². The van der Waals surface area contributed by atoms with E-state index in [0.717, 1.165) is 17.4 Å². The van der Waals surface area contributed by atoms with Gasteiger partial charge >= 0.3 is 11.9 Å². The third-order valence-electron chi connectivity index (χ3n) is 8.30. The third kappa shape index (κ3) is 5.51. The van der Waals surface area contributed by atoms with E-state index in [1.807, 2.05) is 13.8 Å². The lowest BCUT2D eigenvalue weighted by atomic mass is 10.00. The van der Waals surface area contributed by atoms with Crippen LogP contribution in [0.25, 0.3) is 31.6 Å². The van der Waals surface area contributed by atoms with Crippen LogP contribution < -0.4 is 21.1 Å². The van der Waals surface area contributed by atoms with Crippen LogP contribution in [0.3, 0.4) is 0 Å². The number of nitrogen functional groups attached to an aromatic ring is 1. The van der Waals surface area contributed by atoms with E-state index in [2.05, 4.69) is 21.5 Å². The summed E-state index contributed by atoms with van der Waals surface area (Å²) in [6.45, 7) is 7.89. The molecule has 0 radical (unpaired) electrons. The Kier molecular flexibility index (Phi) is 7.91. The van der Waals surface area contributed by atoms with Crippen LogP contribution in [0.5, 0.6) is 5.75 Å². The second-order valence-corrected chi connectivity index (χ2v) is 14.4. The minimum absolute atomic E-state index is 0.0432. The molecule has 1 unspecified atom stereocenters. The molecule has 47 heavy (non-hydrogen) atoms. The van der Waals surface area contributed by atoms with Gasteiger partial charge in [-0.2, -0.15) is 18.2 Å². The minimum Gasteiger partial charge on any atom is -0.488 e. The van der Waals surface area contributed by atoms with E-state index in [0.29, 0.717) is 31.3 Å². The number of hydrogen-bond acceptors (Lipinski definition) is 11. The van der Waals surface area contributed by atoms with Gasteiger partial charge in [0.1, 0.15) is 23.2 Å². The highest BCUT2D eigenvalue weighted by Crippen LogP contribution is 2.51. The molecule has 1 amide bonds. The van der Waals surface area contributed by atoms with Gasteiger partial charge in [-0.05, 0) is 38.1 Å². The number of ether oxygens (including phenoxy) is 1. The summed E-state index contributed by atoms with van der Waals surface area (Å²) in [5, 5.41) is 2.20. The predicted molar refractivity (Wildman–Crippen MR) is 179 cm³/mol. The smallest absolute Gasteiger partial charge is 0.417 e. The Morgan fingerprint density at radius 3 is 2.55 bits per heavy atom. The number of alkyl halides is 3. The predicted octanol–water partition coefficient (Wildman–Crippen LogP) is 5.90. The SMILES string of the molecule is C=CC(=O)N1[C@H](C)CN(c2nc(=O)n3c4c(c(-c5scc6sc(N)nc56)c(C(F)(F)F)cc24)SCC(Oc2ccncc2)C3)C[C@@H]1C.